The van der Waals surface area contributed by atoms with E-state index < -0.39 is 6.17 Å². The maximum atomic E-state index is 13.0. The molecule has 0 bridgehead atoms. The molecule has 0 aromatic rings. The van der Waals surface area contributed by atoms with E-state index in [1.54, 1.807) is 0 Å². The highest BCUT2D eigenvalue weighted by Gasteiger charge is 2.39. The number of halogens is 1. The van der Waals surface area contributed by atoms with E-state index in [4.69, 9.17) is 5.73 Å². The van der Waals surface area contributed by atoms with Gasteiger partial charge < -0.3 is 10.6 Å². The molecule has 0 amide bonds. The molecule has 0 aromatic carbocycles. The average Bonchev–Trinajstić information content (AvgIpc) is 2.81. The van der Waals surface area contributed by atoms with Gasteiger partial charge in [-0.2, -0.15) is 0 Å². The van der Waals surface area contributed by atoms with Gasteiger partial charge in [-0.25, -0.2) is 4.39 Å². The van der Waals surface area contributed by atoms with Crippen LogP contribution in [0.4, 0.5) is 4.39 Å². The molecule has 2 N–H and O–H groups in total. The number of nitrogens with zero attached hydrogens (tertiary/aromatic N) is 1. The summed E-state index contributed by atoms with van der Waals surface area (Å²) < 4.78 is 13.0. The van der Waals surface area contributed by atoms with Gasteiger partial charge in [0.25, 0.3) is 0 Å². The van der Waals surface area contributed by atoms with Gasteiger partial charge in [-0.05, 0) is 38.6 Å². The number of rotatable bonds is 2. The van der Waals surface area contributed by atoms with Crippen LogP contribution < -0.4 is 5.73 Å². The Morgan fingerprint density at radius 2 is 2.08 bits per heavy atom. The lowest BCUT2D eigenvalue weighted by Gasteiger charge is -2.23. The molecule has 0 radical (unpaired) electrons. The zero-order valence-electron chi connectivity index (χ0n) is 8.14. The number of alkyl halides is 1. The van der Waals surface area contributed by atoms with Crippen LogP contribution in [0.5, 0.6) is 0 Å². The lowest BCUT2D eigenvalue weighted by Crippen LogP contribution is -2.39. The Morgan fingerprint density at radius 1 is 1.31 bits per heavy atom. The van der Waals surface area contributed by atoms with E-state index in [0.717, 1.165) is 45.3 Å². The summed E-state index contributed by atoms with van der Waals surface area (Å²) in [4.78, 5) is 2.34. The van der Waals surface area contributed by atoms with Gasteiger partial charge in [0.15, 0.2) is 0 Å². The number of hydrogen-bond acceptors (Lipinski definition) is 2. The van der Waals surface area contributed by atoms with Gasteiger partial charge in [-0.15, -0.1) is 0 Å². The third-order valence-corrected chi connectivity index (χ3v) is 3.18. The lowest BCUT2D eigenvalue weighted by molar-refractivity contribution is 0.246. The molecule has 1 aliphatic carbocycles. The van der Waals surface area contributed by atoms with Gasteiger partial charge in [-0.3, -0.25) is 0 Å². The first-order valence-electron chi connectivity index (χ1n) is 5.33. The Hall–Kier alpha value is -0.150. The summed E-state index contributed by atoms with van der Waals surface area (Å²) >= 11 is 0. The van der Waals surface area contributed by atoms with Crippen molar-refractivity contribution in [1.82, 2.24) is 4.90 Å². The maximum absolute atomic E-state index is 13.0. The molecule has 2 rings (SSSR count). The minimum atomic E-state index is -0.571. The molecule has 1 aliphatic heterocycles. The molecule has 1 heterocycles. The quantitative estimate of drug-likeness (QED) is 0.704. The molecule has 76 valence electrons. The summed E-state index contributed by atoms with van der Waals surface area (Å²) in [5, 5.41) is 0. The van der Waals surface area contributed by atoms with Crippen LogP contribution in [0.3, 0.4) is 0 Å². The predicted molar refractivity (Wildman–Crippen MR) is 51.3 cm³/mol. The molecule has 1 saturated heterocycles. The first-order valence-corrected chi connectivity index (χ1v) is 5.33. The van der Waals surface area contributed by atoms with Crippen molar-refractivity contribution in [2.45, 2.75) is 43.8 Å². The highest BCUT2D eigenvalue weighted by atomic mass is 19.1. The molecular weight excluding hydrogens is 167 g/mol. The molecular formula is C10H19FN2. The van der Waals surface area contributed by atoms with Crippen molar-refractivity contribution in [1.29, 1.82) is 0 Å². The zero-order chi connectivity index (χ0) is 9.31. The molecule has 1 atom stereocenters. The van der Waals surface area contributed by atoms with Gasteiger partial charge in [-0.1, -0.05) is 0 Å². The standard InChI is InChI=1S/C10H19FN2/c11-9-2-1-6-13(7-3-9)8-10(12)4-5-10/h9H,1-8,12H2. The van der Waals surface area contributed by atoms with Gasteiger partial charge in [0.1, 0.15) is 6.17 Å². The topological polar surface area (TPSA) is 29.3 Å². The largest absolute Gasteiger partial charge is 0.324 e. The first-order chi connectivity index (χ1) is 6.18. The fourth-order valence-electron chi connectivity index (χ4n) is 2.04. The van der Waals surface area contributed by atoms with E-state index in [1.165, 1.54) is 0 Å². The van der Waals surface area contributed by atoms with Crippen molar-refractivity contribution >= 4 is 0 Å². The molecule has 2 aliphatic rings. The maximum Gasteiger partial charge on any atom is 0.101 e. The summed E-state index contributed by atoms with van der Waals surface area (Å²) in [5.74, 6) is 0. The second-order valence-corrected chi connectivity index (χ2v) is 4.67. The number of hydrogen-bond donors (Lipinski definition) is 1. The normalized spacial score (nSPS) is 34.2. The number of nitrogens with two attached hydrogens (primary N) is 1. The van der Waals surface area contributed by atoms with Crippen molar-refractivity contribution in [2.75, 3.05) is 19.6 Å². The van der Waals surface area contributed by atoms with Crippen LogP contribution in [0.25, 0.3) is 0 Å². The van der Waals surface area contributed by atoms with Crippen LogP contribution >= 0.6 is 0 Å². The summed E-state index contributed by atoms with van der Waals surface area (Å²) in [6.45, 7) is 2.93. The fourth-order valence-corrected chi connectivity index (χ4v) is 2.04. The van der Waals surface area contributed by atoms with E-state index in [9.17, 15) is 4.39 Å². The molecule has 2 fully saturated rings. The van der Waals surface area contributed by atoms with Crippen LogP contribution in [-0.2, 0) is 0 Å². The second kappa shape index (κ2) is 3.54. The Morgan fingerprint density at radius 3 is 2.77 bits per heavy atom. The molecule has 1 saturated carbocycles. The van der Waals surface area contributed by atoms with Crippen molar-refractivity contribution in [3.05, 3.63) is 0 Å². The van der Waals surface area contributed by atoms with E-state index in [1.807, 2.05) is 0 Å². The van der Waals surface area contributed by atoms with Crippen LogP contribution in [0.2, 0.25) is 0 Å². The second-order valence-electron chi connectivity index (χ2n) is 4.67. The van der Waals surface area contributed by atoms with Crippen molar-refractivity contribution in [3.63, 3.8) is 0 Å². The van der Waals surface area contributed by atoms with Crippen LogP contribution in [0.15, 0.2) is 0 Å². The van der Waals surface area contributed by atoms with E-state index in [2.05, 4.69) is 4.90 Å². The Labute approximate surface area is 79.3 Å². The lowest BCUT2D eigenvalue weighted by atomic mass is 10.2. The highest BCUT2D eigenvalue weighted by Crippen LogP contribution is 2.33. The van der Waals surface area contributed by atoms with E-state index >= 15 is 0 Å². The molecule has 0 aromatic heterocycles. The van der Waals surface area contributed by atoms with E-state index in [-0.39, 0.29) is 5.54 Å². The third kappa shape index (κ3) is 2.64. The molecule has 3 heteroatoms. The van der Waals surface area contributed by atoms with Crippen molar-refractivity contribution in [3.8, 4) is 0 Å². The smallest absolute Gasteiger partial charge is 0.101 e. The van der Waals surface area contributed by atoms with Gasteiger partial charge >= 0.3 is 0 Å². The van der Waals surface area contributed by atoms with Crippen LogP contribution in [-0.4, -0.2) is 36.2 Å². The average molecular weight is 186 g/mol. The monoisotopic (exact) mass is 186 g/mol. The summed E-state index contributed by atoms with van der Waals surface area (Å²) in [6.07, 6.45) is 4.19. The first kappa shape index (κ1) is 9.41. The minimum Gasteiger partial charge on any atom is -0.324 e. The summed E-state index contributed by atoms with van der Waals surface area (Å²) in [5.41, 5.74) is 6.12. The Kier molecular flexibility index (Phi) is 2.56. The third-order valence-electron chi connectivity index (χ3n) is 3.18. The van der Waals surface area contributed by atoms with Crippen LogP contribution in [0, 0.1) is 0 Å². The van der Waals surface area contributed by atoms with Crippen molar-refractivity contribution < 1.29 is 4.39 Å². The zero-order valence-corrected chi connectivity index (χ0v) is 8.14. The van der Waals surface area contributed by atoms with Crippen LogP contribution in [0.1, 0.15) is 32.1 Å². The SMILES string of the molecule is NC1(CN2CCCC(F)CC2)CC1. The molecule has 2 nitrogen and oxygen atoms in total. The Balaban J connectivity index is 1.78. The van der Waals surface area contributed by atoms with Gasteiger partial charge in [0.05, 0.1) is 0 Å². The molecule has 0 spiro atoms. The molecule has 13 heavy (non-hydrogen) atoms. The highest BCUT2D eigenvalue weighted by molar-refractivity contribution is 5.01. The minimum absolute atomic E-state index is 0.0934. The Bertz CT molecular complexity index is 180. The molecule has 1 unspecified atom stereocenters. The summed E-state index contributed by atoms with van der Waals surface area (Å²) in [6, 6.07) is 0. The predicted octanol–water partition coefficient (Wildman–Crippen LogP) is 1.30. The van der Waals surface area contributed by atoms with E-state index in [0.29, 0.717) is 6.42 Å². The van der Waals surface area contributed by atoms with Gasteiger partial charge in [0.2, 0.25) is 0 Å². The fraction of sp³-hybridized carbons (Fsp3) is 1.00. The number of likely N-dealkylation sites (tertiary alicyclic amines) is 1. The van der Waals surface area contributed by atoms with Crippen molar-refractivity contribution in [2.24, 2.45) is 5.73 Å². The summed E-state index contributed by atoms with van der Waals surface area (Å²) in [7, 11) is 0. The van der Waals surface area contributed by atoms with Gasteiger partial charge in [0, 0.05) is 18.6 Å².